The first kappa shape index (κ1) is 29.9. The molecule has 0 saturated heterocycles. The van der Waals surface area contributed by atoms with E-state index in [2.05, 4.69) is 6.92 Å². The maximum atomic E-state index is 9.94. The van der Waals surface area contributed by atoms with Crippen LogP contribution in [0.2, 0.25) is 0 Å². The van der Waals surface area contributed by atoms with Gasteiger partial charge < -0.3 is 10.2 Å². The summed E-state index contributed by atoms with van der Waals surface area (Å²) in [5, 5.41) is 18.7. The molecule has 0 spiro atoms. The minimum absolute atomic E-state index is 0.112. The van der Waals surface area contributed by atoms with E-state index in [-0.39, 0.29) is 12.7 Å². The van der Waals surface area contributed by atoms with E-state index < -0.39 is 0 Å². The molecule has 0 aromatic rings. The van der Waals surface area contributed by atoms with Gasteiger partial charge in [-0.15, -0.1) is 0 Å². The Kier molecular flexibility index (Phi) is 26.9. The molecule has 0 heterocycles. The highest BCUT2D eigenvalue weighted by Gasteiger charge is 2.03. The summed E-state index contributed by atoms with van der Waals surface area (Å²) in [6, 6.07) is 0. The fourth-order valence-electron chi connectivity index (χ4n) is 4.45. The van der Waals surface area contributed by atoms with Crippen LogP contribution in [-0.2, 0) is 0 Å². The maximum absolute atomic E-state index is 9.94. The molecule has 0 saturated carbocycles. The Bertz CT molecular complexity index is 292. The molecule has 0 rings (SSSR count). The summed E-state index contributed by atoms with van der Waals surface area (Å²) in [4.78, 5) is 0. The molecule has 0 amide bonds. The second-order valence-corrected chi connectivity index (χ2v) is 9.73. The smallest absolute Gasteiger partial charge is 0.0540 e. The quantitative estimate of drug-likeness (QED) is 0.135. The second-order valence-electron chi connectivity index (χ2n) is 9.73. The Balaban J connectivity index is 3.06. The summed E-state index contributed by atoms with van der Waals surface area (Å²) >= 11 is 0. The lowest BCUT2D eigenvalue weighted by atomic mass is 10.0. The number of unbranched alkanes of at least 4 members (excludes halogenated alkanes) is 21. The zero-order valence-electron chi connectivity index (χ0n) is 20.9. The van der Waals surface area contributed by atoms with E-state index >= 15 is 0 Å². The van der Waals surface area contributed by atoms with Gasteiger partial charge in [-0.3, -0.25) is 0 Å². The molecule has 1 unspecified atom stereocenters. The predicted octanol–water partition coefficient (Wildman–Crippen LogP) is 9.11. The zero-order valence-corrected chi connectivity index (χ0v) is 20.9. The largest absolute Gasteiger partial charge is 0.396 e. The molecule has 0 bridgehead atoms. The molecule has 2 heteroatoms. The molecule has 0 aromatic carbocycles. The molecule has 1 atom stereocenters. The molecule has 0 aliphatic carbocycles. The van der Waals surface area contributed by atoms with Crippen LogP contribution in [0.25, 0.3) is 0 Å². The van der Waals surface area contributed by atoms with Crippen molar-refractivity contribution < 1.29 is 10.2 Å². The van der Waals surface area contributed by atoms with Crippen molar-refractivity contribution in [2.75, 3.05) is 6.61 Å². The van der Waals surface area contributed by atoms with Crippen LogP contribution in [0.5, 0.6) is 0 Å². The third-order valence-electron chi connectivity index (χ3n) is 6.59. The Labute approximate surface area is 190 Å². The molecular formula is C28H58O2. The number of hydrogen-bond donors (Lipinski definition) is 2. The van der Waals surface area contributed by atoms with Gasteiger partial charge in [0, 0.05) is 6.61 Å². The summed E-state index contributed by atoms with van der Waals surface area (Å²) in [5.41, 5.74) is 0. The Hall–Kier alpha value is -0.0800. The lowest BCUT2D eigenvalue weighted by Crippen LogP contribution is -2.06. The van der Waals surface area contributed by atoms with Gasteiger partial charge in [0.2, 0.25) is 0 Å². The van der Waals surface area contributed by atoms with E-state index in [9.17, 15) is 5.11 Å². The molecule has 182 valence electrons. The van der Waals surface area contributed by atoms with Crippen LogP contribution in [0.15, 0.2) is 0 Å². The first-order valence-electron chi connectivity index (χ1n) is 14.1. The highest BCUT2D eigenvalue weighted by molar-refractivity contribution is 4.57. The summed E-state index contributed by atoms with van der Waals surface area (Å²) in [5.74, 6) is 0. The molecule has 2 nitrogen and oxygen atoms in total. The van der Waals surface area contributed by atoms with Gasteiger partial charge in [-0.2, -0.15) is 0 Å². The summed E-state index contributed by atoms with van der Waals surface area (Å²) < 4.78 is 0. The second kappa shape index (κ2) is 27.0. The minimum Gasteiger partial charge on any atom is -0.396 e. The van der Waals surface area contributed by atoms with Gasteiger partial charge in [-0.1, -0.05) is 148 Å². The lowest BCUT2D eigenvalue weighted by Gasteiger charge is -2.10. The van der Waals surface area contributed by atoms with Gasteiger partial charge >= 0.3 is 0 Å². The molecule has 0 radical (unpaired) electrons. The number of rotatable bonds is 26. The number of aliphatic hydroxyl groups excluding tert-OH is 2. The first-order valence-corrected chi connectivity index (χ1v) is 14.1. The van der Waals surface area contributed by atoms with Crippen LogP contribution in [0.3, 0.4) is 0 Å². The van der Waals surface area contributed by atoms with Crippen molar-refractivity contribution in [2.45, 2.75) is 174 Å². The van der Waals surface area contributed by atoms with E-state index in [0.717, 1.165) is 32.1 Å². The third-order valence-corrected chi connectivity index (χ3v) is 6.59. The molecule has 30 heavy (non-hydrogen) atoms. The fourth-order valence-corrected chi connectivity index (χ4v) is 4.45. The van der Waals surface area contributed by atoms with Gasteiger partial charge in [0.15, 0.2) is 0 Å². The fraction of sp³-hybridized carbons (Fsp3) is 1.00. The van der Waals surface area contributed by atoms with E-state index in [4.69, 9.17) is 5.11 Å². The van der Waals surface area contributed by atoms with Gasteiger partial charge in [-0.25, -0.2) is 0 Å². The SMILES string of the molecule is CCCCCCCCCCCCCCCCCCCCCCC(O)CCCCCO. The van der Waals surface area contributed by atoms with Crippen molar-refractivity contribution in [3.63, 3.8) is 0 Å². The monoisotopic (exact) mass is 426 g/mol. The molecule has 2 N–H and O–H groups in total. The summed E-state index contributed by atoms with van der Waals surface area (Å²) in [6.45, 7) is 2.58. The van der Waals surface area contributed by atoms with Crippen LogP contribution >= 0.6 is 0 Å². The third kappa shape index (κ3) is 26.0. The average molecular weight is 427 g/mol. The van der Waals surface area contributed by atoms with E-state index in [1.165, 1.54) is 128 Å². The highest BCUT2D eigenvalue weighted by atomic mass is 16.3. The Morgan fingerprint density at radius 1 is 0.400 bits per heavy atom. The van der Waals surface area contributed by atoms with Crippen LogP contribution < -0.4 is 0 Å². The van der Waals surface area contributed by atoms with Crippen molar-refractivity contribution >= 4 is 0 Å². The molecule has 0 aliphatic heterocycles. The lowest BCUT2D eigenvalue weighted by molar-refractivity contribution is 0.146. The van der Waals surface area contributed by atoms with Crippen molar-refractivity contribution in [1.29, 1.82) is 0 Å². The van der Waals surface area contributed by atoms with E-state index in [1.54, 1.807) is 0 Å². The predicted molar refractivity (Wildman–Crippen MR) is 134 cm³/mol. The topological polar surface area (TPSA) is 40.5 Å². The maximum Gasteiger partial charge on any atom is 0.0540 e. The van der Waals surface area contributed by atoms with Crippen molar-refractivity contribution in [2.24, 2.45) is 0 Å². The van der Waals surface area contributed by atoms with Crippen LogP contribution in [-0.4, -0.2) is 22.9 Å². The molecular weight excluding hydrogens is 368 g/mol. The molecule has 0 aliphatic rings. The van der Waals surface area contributed by atoms with E-state index in [0.29, 0.717) is 0 Å². The molecule has 0 aromatic heterocycles. The zero-order chi connectivity index (χ0) is 22.0. The first-order chi connectivity index (χ1) is 14.8. The summed E-state index contributed by atoms with van der Waals surface area (Å²) in [7, 11) is 0. The van der Waals surface area contributed by atoms with Crippen molar-refractivity contribution in [3.05, 3.63) is 0 Å². The summed E-state index contributed by atoms with van der Waals surface area (Å²) in [6.07, 6.45) is 33.1. The van der Waals surface area contributed by atoms with Crippen LogP contribution in [0.1, 0.15) is 167 Å². The van der Waals surface area contributed by atoms with E-state index in [1.807, 2.05) is 0 Å². The van der Waals surface area contributed by atoms with Crippen LogP contribution in [0, 0.1) is 0 Å². The normalized spacial score (nSPS) is 12.5. The number of aliphatic hydroxyl groups is 2. The standard InChI is InChI=1S/C28H58O2/c1-2-3-4-5-6-7-8-9-10-11-12-13-14-15-16-17-18-19-20-22-25-28(30)26-23-21-24-27-29/h28-30H,2-27H2,1H3. The van der Waals surface area contributed by atoms with Gasteiger partial charge in [0.25, 0.3) is 0 Å². The average Bonchev–Trinajstić information content (AvgIpc) is 2.75. The van der Waals surface area contributed by atoms with Gasteiger partial charge in [0.1, 0.15) is 0 Å². The van der Waals surface area contributed by atoms with Gasteiger partial charge in [0.05, 0.1) is 6.10 Å². The Morgan fingerprint density at radius 2 is 0.667 bits per heavy atom. The Morgan fingerprint density at radius 3 is 0.967 bits per heavy atom. The van der Waals surface area contributed by atoms with Crippen LogP contribution in [0.4, 0.5) is 0 Å². The number of hydrogen-bond acceptors (Lipinski definition) is 2. The van der Waals surface area contributed by atoms with Gasteiger partial charge in [-0.05, 0) is 19.3 Å². The minimum atomic E-state index is -0.112. The van der Waals surface area contributed by atoms with Crippen molar-refractivity contribution in [3.8, 4) is 0 Å². The highest BCUT2D eigenvalue weighted by Crippen LogP contribution is 2.16. The molecule has 0 fully saturated rings. The van der Waals surface area contributed by atoms with Crippen molar-refractivity contribution in [1.82, 2.24) is 0 Å².